The van der Waals surface area contributed by atoms with E-state index >= 15 is 8.78 Å². The van der Waals surface area contributed by atoms with Crippen LogP contribution in [0.3, 0.4) is 0 Å². The van der Waals surface area contributed by atoms with Gasteiger partial charge in [-0.05, 0) is 50.6 Å². The Balaban J connectivity index is 1.52. The number of hydrogen-bond donors (Lipinski definition) is 2. The van der Waals surface area contributed by atoms with Gasteiger partial charge in [0.25, 0.3) is 0 Å². The van der Waals surface area contributed by atoms with Gasteiger partial charge in [0.05, 0.1) is 17.9 Å². The smallest absolute Gasteiger partial charge is 0.198 e. The van der Waals surface area contributed by atoms with Crippen molar-refractivity contribution in [2.45, 2.75) is 51.3 Å². The number of benzene rings is 2. The van der Waals surface area contributed by atoms with Crippen LogP contribution in [0.2, 0.25) is 0 Å². The Hall–Kier alpha value is -4.42. The second-order valence-electron chi connectivity index (χ2n) is 11.3. The van der Waals surface area contributed by atoms with Crippen LogP contribution in [0.1, 0.15) is 55.3 Å². The molecule has 12 heteroatoms. The lowest BCUT2D eigenvalue weighted by Crippen LogP contribution is -2.44. The molecule has 7 nitrogen and oxygen atoms in total. The zero-order valence-electron chi connectivity index (χ0n) is 24.2. The van der Waals surface area contributed by atoms with Gasteiger partial charge >= 0.3 is 0 Å². The number of fused-ring (bicyclic) bond motifs is 1. The van der Waals surface area contributed by atoms with Crippen LogP contribution in [-0.4, -0.2) is 32.2 Å². The van der Waals surface area contributed by atoms with Crippen LogP contribution < -0.4 is 9.47 Å². The molecule has 0 bridgehead atoms. The molecule has 3 heterocycles. The summed E-state index contributed by atoms with van der Waals surface area (Å²) in [4.78, 5) is 11.8. The van der Waals surface area contributed by atoms with Gasteiger partial charge in [0.2, 0.25) is 0 Å². The van der Waals surface area contributed by atoms with Crippen molar-refractivity contribution in [2.24, 2.45) is 0 Å². The highest BCUT2D eigenvalue weighted by atomic mass is 19.2. The zero-order chi connectivity index (χ0) is 31.8. The average molecular weight is 616 g/mol. The fourth-order valence-electron chi connectivity index (χ4n) is 5.71. The Morgan fingerprint density at radius 1 is 1.18 bits per heavy atom. The minimum Gasteiger partial charge on any atom is -0.487 e. The third kappa shape index (κ3) is 5.74. The number of nitrogens with zero attached hydrogens (tertiary/aromatic N) is 2. The largest absolute Gasteiger partial charge is 0.487 e. The fraction of sp³-hybridized carbons (Fsp3) is 0.281. The quantitative estimate of drug-likeness (QED) is 0.0617. The Morgan fingerprint density at radius 2 is 1.95 bits per heavy atom. The first kappa shape index (κ1) is 31.0. The molecule has 5 rings (SSSR count). The van der Waals surface area contributed by atoms with E-state index in [9.17, 15) is 13.3 Å². The van der Waals surface area contributed by atoms with Gasteiger partial charge in [-0.2, -0.15) is 4.79 Å². The van der Waals surface area contributed by atoms with E-state index in [2.05, 4.69) is 21.4 Å². The molecule has 1 aliphatic rings. The van der Waals surface area contributed by atoms with Gasteiger partial charge in [0.1, 0.15) is 35.4 Å². The number of para-hydroxylation sites is 1. The van der Waals surface area contributed by atoms with Gasteiger partial charge in [0.15, 0.2) is 17.4 Å². The van der Waals surface area contributed by atoms with Crippen LogP contribution in [0.5, 0.6) is 11.5 Å². The number of H-pyrrole nitrogens is 1. The van der Waals surface area contributed by atoms with Crippen molar-refractivity contribution in [3.05, 3.63) is 107 Å². The molecular formula is C32H30F5N3O4. The zero-order valence-corrected chi connectivity index (χ0v) is 24.2. The number of imidazole rings is 1. The lowest BCUT2D eigenvalue weighted by molar-refractivity contribution is -0.241. The first-order valence-corrected chi connectivity index (χ1v) is 13.7. The first-order valence-electron chi connectivity index (χ1n) is 13.7. The highest BCUT2D eigenvalue weighted by molar-refractivity contribution is 5.67. The van der Waals surface area contributed by atoms with E-state index in [-0.39, 0.29) is 28.5 Å². The summed E-state index contributed by atoms with van der Waals surface area (Å²) in [5.74, 6) is -3.83. The summed E-state index contributed by atoms with van der Waals surface area (Å²) in [5.41, 5.74) is -0.176. The molecule has 44 heavy (non-hydrogen) atoms. The number of nitrogens with one attached hydrogen (secondary N) is 1. The van der Waals surface area contributed by atoms with Crippen LogP contribution in [0.15, 0.2) is 73.0 Å². The maximum Gasteiger partial charge on any atom is 0.198 e. The monoisotopic (exact) mass is 615 g/mol. The van der Waals surface area contributed by atoms with Crippen LogP contribution in [0.4, 0.5) is 22.0 Å². The summed E-state index contributed by atoms with van der Waals surface area (Å²) in [6, 6.07) is 10.0. The molecule has 232 valence electrons. The molecule has 0 aliphatic carbocycles. The van der Waals surface area contributed by atoms with Gasteiger partial charge in [-0.1, -0.05) is 29.3 Å². The molecular weight excluding hydrogens is 585 g/mol. The average Bonchev–Trinajstić information content (AvgIpc) is 3.62. The van der Waals surface area contributed by atoms with E-state index < -0.39 is 52.2 Å². The maximum absolute atomic E-state index is 15.2. The predicted octanol–water partition coefficient (Wildman–Crippen LogP) is 8.32. The van der Waals surface area contributed by atoms with E-state index in [0.29, 0.717) is 24.3 Å². The van der Waals surface area contributed by atoms with E-state index in [1.54, 1.807) is 6.20 Å². The summed E-state index contributed by atoms with van der Waals surface area (Å²) in [7, 11) is 0. The predicted molar refractivity (Wildman–Crippen MR) is 153 cm³/mol. The Labute approximate surface area is 250 Å². The summed E-state index contributed by atoms with van der Waals surface area (Å²) < 4.78 is 83.5. The van der Waals surface area contributed by atoms with Crippen LogP contribution in [0.25, 0.3) is 17.2 Å². The van der Waals surface area contributed by atoms with Gasteiger partial charge in [-0.3, -0.25) is 5.26 Å². The van der Waals surface area contributed by atoms with Crippen molar-refractivity contribution in [1.29, 1.82) is 0 Å². The summed E-state index contributed by atoms with van der Waals surface area (Å²) in [5, 5.41) is 8.88. The topological polar surface area (TPSA) is 81.5 Å². The number of alkyl halides is 1. The number of rotatable bonds is 10. The highest BCUT2D eigenvalue weighted by Gasteiger charge is 2.45. The Bertz CT molecular complexity index is 1750. The molecule has 0 saturated heterocycles. The van der Waals surface area contributed by atoms with Gasteiger partial charge < -0.3 is 14.5 Å². The van der Waals surface area contributed by atoms with Crippen molar-refractivity contribution in [3.63, 3.8) is 0 Å². The standard InChI is InChI=1S/C32H30F5N3O4/c1-18(34)28(27(36)21-10-12-40(37)25(21)15-33)43-20-8-9-24(35)22(14-20)30-38-16-26(39-30)32(4)17-31(2,3)44-29-19(11-13-42-41)6-5-7-23(29)32/h5-10,12,14,16,41H,1,11,13,15,17H2,2-4H3,(H,38,39)/b28-27-/t32-/m0/s1. The van der Waals surface area contributed by atoms with Crippen molar-refractivity contribution < 1.29 is 41.7 Å². The minimum atomic E-state index is -1.38. The second kappa shape index (κ2) is 11.9. The lowest BCUT2D eigenvalue weighted by atomic mass is 9.69. The summed E-state index contributed by atoms with van der Waals surface area (Å²) in [6.07, 6.45) is 3.31. The molecule has 0 spiro atoms. The van der Waals surface area contributed by atoms with Crippen molar-refractivity contribution in [3.8, 4) is 22.9 Å². The lowest BCUT2D eigenvalue weighted by Gasteiger charge is -2.44. The van der Waals surface area contributed by atoms with Gasteiger partial charge in [-0.15, -0.1) is 0 Å². The number of halogens is 5. The molecule has 1 aliphatic heterocycles. The molecule has 0 radical (unpaired) electrons. The molecule has 0 unspecified atom stereocenters. The van der Waals surface area contributed by atoms with Crippen LogP contribution in [0, 0.1) is 5.82 Å². The molecule has 0 saturated carbocycles. The molecule has 2 aromatic carbocycles. The van der Waals surface area contributed by atoms with Crippen molar-refractivity contribution >= 4 is 5.83 Å². The normalized spacial score (nSPS) is 17.9. The number of aromatic amines is 1. The molecule has 0 fully saturated rings. The van der Waals surface area contributed by atoms with Crippen molar-refractivity contribution in [1.82, 2.24) is 14.8 Å². The van der Waals surface area contributed by atoms with Crippen molar-refractivity contribution in [2.75, 3.05) is 6.61 Å². The van der Waals surface area contributed by atoms with Crippen LogP contribution in [-0.2, 0) is 23.4 Å². The number of hydrogen-bond acceptors (Lipinski definition) is 5. The third-order valence-corrected chi connectivity index (χ3v) is 7.64. The SMILES string of the molecule is C=C(F)/C(Oc1ccc(F)c(-c2ncc([C@@]3(C)CC(C)(C)Oc4c(CCOO)cccc43)[nH]2)c1)=C(/F)c1ccn(F)c1CF. The van der Waals surface area contributed by atoms with E-state index in [4.69, 9.17) is 14.7 Å². The van der Waals surface area contributed by atoms with Gasteiger partial charge in [0, 0.05) is 47.5 Å². The van der Waals surface area contributed by atoms with E-state index in [0.717, 1.165) is 35.5 Å². The second-order valence-corrected chi connectivity index (χ2v) is 11.3. The fourth-order valence-corrected chi connectivity index (χ4v) is 5.71. The molecule has 2 aromatic heterocycles. The Morgan fingerprint density at radius 3 is 2.66 bits per heavy atom. The van der Waals surface area contributed by atoms with Crippen LogP contribution >= 0.6 is 0 Å². The molecule has 4 aromatic rings. The minimum absolute atomic E-state index is 0.0543. The van der Waals surface area contributed by atoms with Gasteiger partial charge in [-0.25, -0.2) is 27.4 Å². The third-order valence-electron chi connectivity index (χ3n) is 7.64. The number of allylic oxidation sites excluding steroid dienone is 1. The maximum atomic E-state index is 15.2. The number of aromatic nitrogens is 3. The molecule has 2 N–H and O–H groups in total. The van der Waals surface area contributed by atoms with E-state index in [1.807, 2.05) is 39.0 Å². The molecule has 0 amide bonds. The highest BCUT2D eigenvalue weighted by Crippen LogP contribution is 2.50. The van der Waals surface area contributed by atoms with E-state index in [1.165, 1.54) is 6.07 Å². The Kier molecular flexibility index (Phi) is 8.41. The first-order chi connectivity index (χ1) is 20.9. The number of ether oxygens (including phenoxy) is 2. The summed E-state index contributed by atoms with van der Waals surface area (Å²) >= 11 is 0. The summed E-state index contributed by atoms with van der Waals surface area (Å²) in [6.45, 7) is 7.71. The molecule has 1 atom stereocenters.